The average Bonchev–Trinajstić information content (AvgIpc) is 2.40. The molecule has 1 aliphatic heterocycles. The molecule has 1 unspecified atom stereocenters. The van der Waals surface area contributed by atoms with Gasteiger partial charge in [-0.05, 0) is 50.1 Å². The van der Waals surface area contributed by atoms with Crippen molar-refractivity contribution in [1.82, 2.24) is 5.32 Å². The van der Waals surface area contributed by atoms with Crippen LogP contribution in [0.5, 0.6) is 5.75 Å². The molecule has 0 radical (unpaired) electrons. The molecule has 98 valence electrons. The molecule has 1 atom stereocenters. The zero-order chi connectivity index (χ0) is 13.0. The molecule has 1 N–H and O–H groups in total. The minimum atomic E-state index is -0.405. The van der Waals surface area contributed by atoms with Crippen LogP contribution in [0.4, 0.5) is 0 Å². The van der Waals surface area contributed by atoms with Gasteiger partial charge >= 0.3 is 5.97 Å². The molecule has 0 bridgehead atoms. The molecule has 0 spiro atoms. The fraction of sp³-hybridized carbons (Fsp3) is 0.500. The highest BCUT2D eigenvalue weighted by atomic mass is 16.5. The first-order valence-corrected chi connectivity index (χ1v) is 6.35. The smallest absolute Gasteiger partial charge is 0.327 e. The van der Waals surface area contributed by atoms with Gasteiger partial charge in [0.2, 0.25) is 0 Å². The second-order valence-electron chi connectivity index (χ2n) is 4.29. The highest BCUT2D eigenvalue weighted by Crippen LogP contribution is 2.28. The maximum absolute atomic E-state index is 11.8. The van der Waals surface area contributed by atoms with E-state index in [9.17, 15) is 4.79 Å². The molecule has 0 aliphatic carbocycles. The summed E-state index contributed by atoms with van der Waals surface area (Å²) >= 11 is 0. The second-order valence-corrected chi connectivity index (χ2v) is 4.29. The van der Waals surface area contributed by atoms with E-state index in [4.69, 9.17) is 9.47 Å². The van der Waals surface area contributed by atoms with Crippen LogP contribution in [0.25, 0.3) is 0 Å². The van der Waals surface area contributed by atoms with Crippen LogP contribution < -0.4 is 10.1 Å². The highest BCUT2D eigenvalue weighted by Gasteiger charge is 2.21. The first-order valence-electron chi connectivity index (χ1n) is 6.35. The van der Waals surface area contributed by atoms with Gasteiger partial charge in [0.25, 0.3) is 0 Å². The number of hydrogen-bond donors (Lipinski definition) is 1. The van der Waals surface area contributed by atoms with Gasteiger partial charge in [-0.1, -0.05) is 6.07 Å². The van der Waals surface area contributed by atoms with Gasteiger partial charge in [0.05, 0.1) is 13.2 Å². The minimum absolute atomic E-state index is 0.239. The SMILES string of the molecule is CCOC(=O)C(NC)c1ccc2c(c1)CCCO2. The Hall–Kier alpha value is -1.55. The summed E-state index contributed by atoms with van der Waals surface area (Å²) < 4.78 is 10.6. The lowest BCUT2D eigenvalue weighted by Crippen LogP contribution is -2.27. The molecule has 1 aliphatic rings. The molecular formula is C14H19NO3. The van der Waals surface area contributed by atoms with E-state index < -0.39 is 6.04 Å². The summed E-state index contributed by atoms with van der Waals surface area (Å²) in [7, 11) is 1.76. The number of aryl methyl sites for hydroxylation is 1. The summed E-state index contributed by atoms with van der Waals surface area (Å²) in [5.74, 6) is 0.695. The lowest BCUT2D eigenvalue weighted by atomic mass is 9.99. The Labute approximate surface area is 107 Å². The van der Waals surface area contributed by atoms with Gasteiger partial charge in [-0.3, -0.25) is 0 Å². The van der Waals surface area contributed by atoms with Gasteiger partial charge in [0.1, 0.15) is 11.8 Å². The van der Waals surface area contributed by atoms with Crippen LogP contribution in [0.1, 0.15) is 30.5 Å². The van der Waals surface area contributed by atoms with E-state index in [-0.39, 0.29) is 5.97 Å². The van der Waals surface area contributed by atoms with Crippen molar-refractivity contribution in [3.63, 3.8) is 0 Å². The van der Waals surface area contributed by atoms with Crippen molar-refractivity contribution >= 4 is 5.97 Å². The quantitative estimate of drug-likeness (QED) is 0.827. The Kier molecular flexibility index (Phi) is 4.20. The van der Waals surface area contributed by atoms with E-state index in [1.54, 1.807) is 7.05 Å². The van der Waals surface area contributed by atoms with Crippen molar-refractivity contribution in [2.24, 2.45) is 0 Å². The van der Waals surface area contributed by atoms with Gasteiger partial charge in [-0.2, -0.15) is 0 Å². The number of likely N-dealkylation sites (N-methyl/N-ethyl adjacent to an activating group) is 1. The summed E-state index contributed by atoms with van der Waals surface area (Å²) in [4.78, 5) is 11.8. The van der Waals surface area contributed by atoms with E-state index in [0.717, 1.165) is 30.8 Å². The average molecular weight is 249 g/mol. The molecule has 4 heteroatoms. The Morgan fingerprint density at radius 3 is 3.11 bits per heavy atom. The zero-order valence-electron chi connectivity index (χ0n) is 10.9. The van der Waals surface area contributed by atoms with Gasteiger partial charge in [-0.15, -0.1) is 0 Å². The molecule has 0 saturated carbocycles. The lowest BCUT2D eigenvalue weighted by molar-refractivity contribution is -0.145. The van der Waals surface area contributed by atoms with Crippen molar-refractivity contribution in [3.8, 4) is 5.75 Å². The second kappa shape index (κ2) is 5.87. The van der Waals surface area contributed by atoms with Crippen LogP contribution in [-0.2, 0) is 16.0 Å². The van der Waals surface area contributed by atoms with E-state index in [0.29, 0.717) is 6.61 Å². The number of rotatable bonds is 4. The number of hydrogen-bond acceptors (Lipinski definition) is 4. The molecule has 0 amide bonds. The molecule has 0 aromatic heterocycles. The first kappa shape index (κ1) is 12.9. The summed E-state index contributed by atoms with van der Waals surface area (Å²) in [6, 6.07) is 5.49. The van der Waals surface area contributed by atoms with E-state index in [2.05, 4.69) is 5.32 Å². The van der Waals surface area contributed by atoms with Crippen LogP contribution in [-0.4, -0.2) is 26.2 Å². The van der Waals surface area contributed by atoms with Crippen LogP contribution in [0.15, 0.2) is 18.2 Å². The summed E-state index contributed by atoms with van der Waals surface area (Å²) in [6.07, 6.45) is 2.03. The molecule has 2 rings (SSSR count). The third kappa shape index (κ3) is 2.64. The minimum Gasteiger partial charge on any atom is -0.493 e. The fourth-order valence-electron chi connectivity index (χ4n) is 2.21. The van der Waals surface area contributed by atoms with Crippen LogP contribution in [0.3, 0.4) is 0 Å². The number of carbonyl (C=O) groups excluding carboxylic acids is 1. The predicted molar refractivity (Wildman–Crippen MR) is 68.7 cm³/mol. The zero-order valence-corrected chi connectivity index (χ0v) is 10.9. The van der Waals surface area contributed by atoms with Crippen molar-refractivity contribution in [1.29, 1.82) is 0 Å². The molecule has 4 nitrogen and oxygen atoms in total. The van der Waals surface area contributed by atoms with Gasteiger partial charge in [0.15, 0.2) is 0 Å². The number of nitrogens with one attached hydrogen (secondary N) is 1. The molecule has 0 fully saturated rings. The summed E-state index contributed by atoms with van der Waals surface area (Å²) in [5.41, 5.74) is 2.10. The molecular weight excluding hydrogens is 230 g/mol. The third-order valence-corrected chi connectivity index (χ3v) is 3.08. The van der Waals surface area contributed by atoms with E-state index >= 15 is 0 Å². The highest BCUT2D eigenvalue weighted by molar-refractivity contribution is 5.77. The fourth-order valence-corrected chi connectivity index (χ4v) is 2.21. The molecule has 1 heterocycles. The third-order valence-electron chi connectivity index (χ3n) is 3.08. The first-order chi connectivity index (χ1) is 8.76. The predicted octanol–water partition coefficient (Wildman–Crippen LogP) is 1.84. The van der Waals surface area contributed by atoms with E-state index in [1.165, 1.54) is 5.56 Å². The molecule has 1 aromatic carbocycles. The number of esters is 1. The van der Waals surface area contributed by atoms with Gasteiger partial charge in [0, 0.05) is 0 Å². The number of fused-ring (bicyclic) bond motifs is 1. The summed E-state index contributed by atoms with van der Waals surface area (Å²) in [5, 5.41) is 2.99. The van der Waals surface area contributed by atoms with Crippen LogP contribution in [0.2, 0.25) is 0 Å². The van der Waals surface area contributed by atoms with Crippen molar-refractivity contribution in [2.75, 3.05) is 20.3 Å². The van der Waals surface area contributed by atoms with Crippen LogP contribution >= 0.6 is 0 Å². The Balaban J connectivity index is 2.23. The molecule has 18 heavy (non-hydrogen) atoms. The monoisotopic (exact) mass is 249 g/mol. The maximum Gasteiger partial charge on any atom is 0.327 e. The molecule has 0 saturated heterocycles. The maximum atomic E-state index is 11.8. The lowest BCUT2D eigenvalue weighted by Gasteiger charge is -2.20. The Morgan fingerprint density at radius 1 is 1.56 bits per heavy atom. The van der Waals surface area contributed by atoms with E-state index in [1.807, 2.05) is 25.1 Å². The van der Waals surface area contributed by atoms with Gasteiger partial charge < -0.3 is 14.8 Å². The number of carbonyl (C=O) groups is 1. The Morgan fingerprint density at radius 2 is 2.39 bits per heavy atom. The number of benzene rings is 1. The molecule has 1 aromatic rings. The Bertz CT molecular complexity index is 431. The van der Waals surface area contributed by atoms with Gasteiger partial charge in [-0.25, -0.2) is 4.79 Å². The van der Waals surface area contributed by atoms with Crippen LogP contribution in [0, 0.1) is 0 Å². The summed E-state index contributed by atoms with van der Waals surface area (Å²) in [6.45, 7) is 2.98. The van der Waals surface area contributed by atoms with Crippen molar-refractivity contribution < 1.29 is 14.3 Å². The standard InChI is InChI=1S/C14H19NO3/c1-3-17-14(16)13(15-2)11-6-7-12-10(9-11)5-4-8-18-12/h6-7,9,13,15H,3-5,8H2,1-2H3. The topological polar surface area (TPSA) is 47.6 Å². The largest absolute Gasteiger partial charge is 0.493 e. The normalized spacial score (nSPS) is 15.4. The number of ether oxygens (including phenoxy) is 2. The van der Waals surface area contributed by atoms with Crippen molar-refractivity contribution in [3.05, 3.63) is 29.3 Å². The van der Waals surface area contributed by atoms with Crippen molar-refractivity contribution in [2.45, 2.75) is 25.8 Å².